The maximum Gasteiger partial charge on any atom is 0.214 e. The monoisotopic (exact) mass is 462 g/mol. The molecule has 0 spiro atoms. The Labute approximate surface area is 155 Å². The molecule has 2 saturated heterocycles. The molecule has 0 unspecified atom stereocenters. The van der Waals surface area contributed by atoms with E-state index < -0.39 is 10.0 Å². The molecule has 0 aromatic heterocycles. The zero-order valence-electron chi connectivity index (χ0n) is 13.5. The van der Waals surface area contributed by atoms with Gasteiger partial charge in [0.15, 0.2) is 5.96 Å². The molecule has 2 rings (SSSR count). The van der Waals surface area contributed by atoms with Crippen LogP contribution in [-0.2, 0) is 10.0 Å². The van der Waals surface area contributed by atoms with Crippen molar-refractivity contribution >= 4 is 51.7 Å². The molecule has 0 bridgehead atoms. The van der Waals surface area contributed by atoms with E-state index in [1.54, 1.807) is 11.4 Å². The number of hydrogen-bond acceptors (Lipinski definition) is 4. The number of halogens is 1. The van der Waals surface area contributed by atoms with Crippen molar-refractivity contribution in [2.24, 2.45) is 4.99 Å². The van der Waals surface area contributed by atoms with Crippen LogP contribution in [0, 0.1) is 0 Å². The van der Waals surface area contributed by atoms with Gasteiger partial charge in [-0.25, -0.2) is 12.7 Å². The molecule has 130 valence electrons. The average Bonchev–Trinajstić information content (AvgIpc) is 2.72. The first-order chi connectivity index (χ1) is 9.84. The van der Waals surface area contributed by atoms with E-state index >= 15 is 0 Å². The second-order valence-corrected chi connectivity index (χ2v) is 9.96. The molecule has 1 N–H and O–H groups in total. The standard InChI is InChI=1S/C13H26N4O2S2.HI/c1-13(2)11-16(8-9-20-13)12(14-3)15-5-7-17-6-4-10-21(17,18)19;/h4-11H2,1-3H3,(H,14,15);1H. The van der Waals surface area contributed by atoms with Crippen molar-refractivity contribution in [1.29, 1.82) is 0 Å². The van der Waals surface area contributed by atoms with Crippen molar-refractivity contribution in [3.63, 3.8) is 0 Å². The van der Waals surface area contributed by atoms with Crippen LogP contribution in [-0.4, -0.2) is 79.6 Å². The summed E-state index contributed by atoms with van der Waals surface area (Å²) in [5.41, 5.74) is 0. The van der Waals surface area contributed by atoms with E-state index in [-0.39, 0.29) is 28.7 Å². The first-order valence-electron chi connectivity index (χ1n) is 7.41. The van der Waals surface area contributed by atoms with Gasteiger partial charge in [-0.05, 0) is 20.3 Å². The van der Waals surface area contributed by atoms with Crippen LogP contribution < -0.4 is 5.32 Å². The summed E-state index contributed by atoms with van der Waals surface area (Å²) in [6, 6.07) is 0. The molecule has 2 aliphatic heterocycles. The van der Waals surface area contributed by atoms with Gasteiger partial charge in [0.25, 0.3) is 0 Å². The number of sulfonamides is 1. The van der Waals surface area contributed by atoms with Gasteiger partial charge in [-0.15, -0.1) is 24.0 Å². The molecule has 6 nitrogen and oxygen atoms in total. The Hall–Kier alpha value is 0.260. The van der Waals surface area contributed by atoms with Crippen LogP contribution in [0.2, 0.25) is 0 Å². The van der Waals surface area contributed by atoms with Crippen molar-refractivity contribution in [1.82, 2.24) is 14.5 Å². The molecule has 0 atom stereocenters. The Kier molecular flexibility index (Phi) is 7.74. The van der Waals surface area contributed by atoms with Crippen LogP contribution in [0.4, 0.5) is 0 Å². The summed E-state index contributed by atoms with van der Waals surface area (Å²) in [5, 5.41) is 3.30. The zero-order chi connectivity index (χ0) is 15.5. The van der Waals surface area contributed by atoms with E-state index in [0.29, 0.717) is 25.4 Å². The quantitative estimate of drug-likeness (QED) is 0.386. The largest absolute Gasteiger partial charge is 0.355 e. The van der Waals surface area contributed by atoms with E-state index in [1.807, 2.05) is 11.8 Å². The van der Waals surface area contributed by atoms with Crippen LogP contribution in [0.25, 0.3) is 0 Å². The summed E-state index contributed by atoms with van der Waals surface area (Å²) >= 11 is 1.98. The molecule has 2 heterocycles. The number of nitrogens with zero attached hydrogens (tertiary/aromatic N) is 3. The van der Waals surface area contributed by atoms with Gasteiger partial charge in [-0.2, -0.15) is 11.8 Å². The van der Waals surface area contributed by atoms with Gasteiger partial charge in [0.1, 0.15) is 0 Å². The Morgan fingerprint density at radius 2 is 2.09 bits per heavy atom. The molecule has 2 fully saturated rings. The van der Waals surface area contributed by atoms with E-state index in [9.17, 15) is 8.42 Å². The lowest BCUT2D eigenvalue weighted by molar-refractivity contribution is 0.372. The summed E-state index contributed by atoms with van der Waals surface area (Å²) in [4.78, 5) is 6.59. The lowest BCUT2D eigenvalue weighted by Gasteiger charge is -2.39. The smallest absolute Gasteiger partial charge is 0.214 e. The third kappa shape index (κ3) is 5.41. The average molecular weight is 462 g/mol. The molecule has 0 radical (unpaired) electrons. The minimum atomic E-state index is -3.00. The second-order valence-electron chi connectivity index (χ2n) is 6.07. The fourth-order valence-electron chi connectivity index (χ4n) is 2.76. The minimum Gasteiger partial charge on any atom is -0.355 e. The number of guanidine groups is 1. The van der Waals surface area contributed by atoms with Crippen LogP contribution in [0.1, 0.15) is 20.3 Å². The fourth-order valence-corrected chi connectivity index (χ4v) is 5.40. The fraction of sp³-hybridized carbons (Fsp3) is 0.923. The summed E-state index contributed by atoms with van der Waals surface area (Å²) < 4.78 is 25.3. The van der Waals surface area contributed by atoms with E-state index in [1.165, 1.54) is 0 Å². The summed E-state index contributed by atoms with van der Waals surface area (Å²) in [6.07, 6.45) is 0.745. The maximum atomic E-state index is 11.7. The highest BCUT2D eigenvalue weighted by Gasteiger charge is 2.30. The Bertz CT molecular complexity index is 496. The van der Waals surface area contributed by atoms with Crippen LogP contribution >= 0.6 is 35.7 Å². The van der Waals surface area contributed by atoms with Crippen molar-refractivity contribution in [3.8, 4) is 0 Å². The SMILES string of the molecule is CN=C(NCCN1CCCS1(=O)=O)N1CCSC(C)(C)C1.I. The van der Waals surface area contributed by atoms with Gasteiger partial charge in [0.05, 0.1) is 5.75 Å². The molecule has 0 aromatic rings. The van der Waals surface area contributed by atoms with E-state index in [2.05, 4.69) is 29.1 Å². The topological polar surface area (TPSA) is 65.0 Å². The lowest BCUT2D eigenvalue weighted by atomic mass is 10.2. The molecule has 0 saturated carbocycles. The molecule has 0 aromatic carbocycles. The van der Waals surface area contributed by atoms with Crippen LogP contribution in [0.3, 0.4) is 0 Å². The third-order valence-electron chi connectivity index (χ3n) is 3.78. The second kappa shape index (κ2) is 8.39. The van der Waals surface area contributed by atoms with Gasteiger partial charge in [0.2, 0.25) is 10.0 Å². The van der Waals surface area contributed by atoms with Crippen molar-refractivity contribution in [3.05, 3.63) is 0 Å². The Balaban J connectivity index is 0.00000242. The molecule has 0 aliphatic carbocycles. The van der Waals surface area contributed by atoms with Gasteiger partial charge in [-0.1, -0.05) is 0 Å². The number of thioether (sulfide) groups is 1. The number of rotatable bonds is 3. The predicted octanol–water partition coefficient (Wildman–Crippen LogP) is 1.04. The minimum absolute atomic E-state index is 0. The summed E-state index contributed by atoms with van der Waals surface area (Å²) in [6.45, 7) is 8.20. The predicted molar refractivity (Wildman–Crippen MR) is 105 cm³/mol. The number of aliphatic imine (C=N–C) groups is 1. The Morgan fingerprint density at radius 3 is 2.64 bits per heavy atom. The molecule has 0 amide bonds. The summed E-state index contributed by atoms with van der Waals surface area (Å²) in [5.74, 6) is 2.26. The van der Waals surface area contributed by atoms with Crippen molar-refractivity contribution in [2.75, 3.05) is 51.3 Å². The molecule has 9 heteroatoms. The molecule has 2 aliphatic rings. The molecular weight excluding hydrogens is 435 g/mol. The normalized spacial score (nSPS) is 24.9. The van der Waals surface area contributed by atoms with Crippen molar-refractivity contribution < 1.29 is 8.42 Å². The van der Waals surface area contributed by atoms with E-state index in [4.69, 9.17) is 0 Å². The first kappa shape index (κ1) is 20.3. The molecule has 22 heavy (non-hydrogen) atoms. The van der Waals surface area contributed by atoms with Gasteiger partial charge in [0, 0.05) is 50.3 Å². The maximum absolute atomic E-state index is 11.7. The summed E-state index contributed by atoms with van der Waals surface area (Å²) in [7, 11) is -1.22. The highest BCUT2D eigenvalue weighted by atomic mass is 127. The highest BCUT2D eigenvalue weighted by molar-refractivity contribution is 14.0. The van der Waals surface area contributed by atoms with Gasteiger partial charge in [-0.3, -0.25) is 4.99 Å². The van der Waals surface area contributed by atoms with Crippen LogP contribution in [0.15, 0.2) is 4.99 Å². The lowest BCUT2D eigenvalue weighted by Crippen LogP contribution is -2.51. The Morgan fingerprint density at radius 1 is 1.36 bits per heavy atom. The molecular formula is C13H27IN4O2S2. The zero-order valence-corrected chi connectivity index (χ0v) is 17.5. The third-order valence-corrected chi connectivity index (χ3v) is 7.04. The van der Waals surface area contributed by atoms with Gasteiger partial charge < -0.3 is 10.2 Å². The number of hydrogen-bond donors (Lipinski definition) is 1. The van der Waals surface area contributed by atoms with E-state index in [0.717, 1.165) is 31.2 Å². The first-order valence-corrected chi connectivity index (χ1v) is 10.0. The van der Waals surface area contributed by atoms with Gasteiger partial charge >= 0.3 is 0 Å². The van der Waals surface area contributed by atoms with Crippen molar-refractivity contribution in [2.45, 2.75) is 25.0 Å². The number of nitrogens with one attached hydrogen (secondary N) is 1. The van der Waals surface area contributed by atoms with Crippen LogP contribution in [0.5, 0.6) is 0 Å². The highest BCUT2D eigenvalue weighted by Crippen LogP contribution is 2.29.